The van der Waals surface area contributed by atoms with Crippen LogP contribution in [0.15, 0.2) is 29.2 Å². The first-order chi connectivity index (χ1) is 8.88. The number of carbonyl (C=O) groups excluding carboxylic acids is 2. The third kappa shape index (κ3) is 5.79. The second-order valence-electron chi connectivity index (χ2n) is 4.63. The number of hydrogen-bond donors (Lipinski definition) is 2. The molecule has 2 N–H and O–H groups in total. The van der Waals surface area contributed by atoms with Crippen molar-refractivity contribution in [3.63, 3.8) is 0 Å². The van der Waals surface area contributed by atoms with E-state index in [1.165, 1.54) is 18.7 Å². The number of benzene rings is 1. The van der Waals surface area contributed by atoms with Crippen molar-refractivity contribution in [3.05, 3.63) is 24.3 Å². The van der Waals surface area contributed by atoms with Crippen LogP contribution in [0.1, 0.15) is 27.7 Å². The molecule has 0 aliphatic rings. The van der Waals surface area contributed by atoms with Gasteiger partial charge in [-0.15, -0.1) is 11.8 Å². The zero-order chi connectivity index (χ0) is 14.4. The summed E-state index contributed by atoms with van der Waals surface area (Å²) in [6.07, 6.45) is 0. The van der Waals surface area contributed by atoms with E-state index in [-0.39, 0.29) is 23.1 Å². The van der Waals surface area contributed by atoms with Gasteiger partial charge in [0, 0.05) is 23.5 Å². The van der Waals surface area contributed by atoms with Gasteiger partial charge in [0.25, 0.3) is 0 Å². The Morgan fingerprint density at radius 1 is 1.11 bits per heavy atom. The number of nitrogens with one attached hydrogen (secondary N) is 2. The van der Waals surface area contributed by atoms with Crippen LogP contribution in [0.25, 0.3) is 0 Å². The van der Waals surface area contributed by atoms with Crippen molar-refractivity contribution in [3.8, 4) is 0 Å². The Labute approximate surface area is 118 Å². The largest absolute Gasteiger partial charge is 0.353 e. The minimum Gasteiger partial charge on any atom is -0.353 e. The first-order valence-electron chi connectivity index (χ1n) is 6.23. The smallest absolute Gasteiger partial charge is 0.233 e. The highest BCUT2D eigenvalue weighted by molar-refractivity contribution is 8.00. The summed E-state index contributed by atoms with van der Waals surface area (Å²) in [5.41, 5.74) is 0.760. The fourth-order valence-corrected chi connectivity index (χ4v) is 2.36. The number of hydrogen-bond acceptors (Lipinski definition) is 3. The Hall–Kier alpha value is -1.49. The maximum atomic E-state index is 11.8. The number of carbonyl (C=O) groups is 2. The van der Waals surface area contributed by atoms with Crippen LogP contribution in [0.2, 0.25) is 0 Å². The van der Waals surface area contributed by atoms with E-state index >= 15 is 0 Å². The van der Waals surface area contributed by atoms with Gasteiger partial charge >= 0.3 is 0 Å². The topological polar surface area (TPSA) is 58.2 Å². The molecule has 1 aromatic carbocycles. The highest BCUT2D eigenvalue weighted by Gasteiger charge is 2.14. The highest BCUT2D eigenvalue weighted by atomic mass is 32.2. The van der Waals surface area contributed by atoms with Gasteiger partial charge in [0.2, 0.25) is 11.8 Å². The van der Waals surface area contributed by atoms with Crippen LogP contribution in [0.3, 0.4) is 0 Å². The lowest BCUT2D eigenvalue weighted by atomic mass is 10.3. The van der Waals surface area contributed by atoms with E-state index in [9.17, 15) is 9.59 Å². The monoisotopic (exact) mass is 280 g/mol. The van der Waals surface area contributed by atoms with Gasteiger partial charge in [-0.1, -0.05) is 0 Å². The molecular formula is C14H20N2O2S. The SMILES string of the molecule is CC(=O)Nc1ccc(S[C@H](C)C(=O)NC(C)C)cc1. The van der Waals surface area contributed by atoms with Gasteiger partial charge in [0.15, 0.2) is 0 Å². The van der Waals surface area contributed by atoms with E-state index < -0.39 is 0 Å². The standard InChI is InChI=1S/C14H20N2O2S/c1-9(2)15-14(18)10(3)19-13-7-5-12(6-8-13)16-11(4)17/h5-10H,1-4H3,(H,15,18)(H,16,17)/t10-/m1/s1. The molecule has 0 saturated carbocycles. The number of rotatable bonds is 5. The van der Waals surface area contributed by atoms with Gasteiger partial charge < -0.3 is 10.6 Å². The molecule has 0 unspecified atom stereocenters. The molecule has 0 spiro atoms. The van der Waals surface area contributed by atoms with E-state index in [0.717, 1.165) is 10.6 Å². The van der Waals surface area contributed by atoms with Crippen LogP contribution in [0.4, 0.5) is 5.69 Å². The minimum absolute atomic E-state index is 0.0333. The third-order valence-electron chi connectivity index (χ3n) is 2.29. The average Bonchev–Trinajstić information content (AvgIpc) is 2.30. The molecule has 4 nitrogen and oxygen atoms in total. The molecule has 2 amide bonds. The summed E-state index contributed by atoms with van der Waals surface area (Å²) in [6, 6.07) is 7.61. The van der Waals surface area contributed by atoms with Gasteiger partial charge in [-0.3, -0.25) is 9.59 Å². The molecule has 19 heavy (non-hydrogen) atoms. The van der Waals surface area contributed by atoms with Crippen molar-refractivity contribution in [2.75, 3.05) is 5.32 Å². The molecule has 1 aromatic rings. The molecule has 0 heterocycles. The molecule has 0 fully saturated rings. The Bertz CT molecular complexity index is 443. The third-order valence-corrected chi connectivity index (χ3v) is 3.40. The van der Waals surface area contributed by atoms with Gasteiger partial charge in [-0.05, 0) is 45.0 Å². The summed E-state index contributed by atoms with van der Waals surface area (Å²) >= 11 is 1.50. The first-order valence-corrected chi connectivity index (χ1v) is 7.11. The van der Waals surface area contributed by atoms with Gasteiger partial charge in [0.05, 0.1) is 5.25 Å². The summed E-state index contributed by atoms with van der Waals surface area (Å²) in [5.74, 6) is -0.0592. The van der Waals surface area contributed by atoms with Crippen LogP contribution in [-0.2, 0) is 9.59 Å². The van der Waals surface area contributed by atoms with Crippen LogP contribution < -0.4 is 10.6 Å². The molecule has 5 heteroatoms. The molecule has 1 rings (SSSR count). The summed E-state index contributed by atoms with van der Waals surface area (Å²) in [4.78, 5) is 23.7. The zero-order valence-electron chi connectivity index (χ0n) is 11.7. The van der Waals surface area contributed by atoms with Crippen molar-refractivity contribution in [1.29, 1.82) is 0 Å². The van der Waals surface area contributed by atoms with Crippen molar-refractivity contribution >= 4 is 29.3 Å². The molecule has 0 radical (unpaired) electrons. The Morgan fingerprint density at radius 3 is 2.16 bits per heavy atom. The lowest BCUT2D eigenvalue weighted by Gasteiger charge is -2.14. The van der Waals surface area contributed by atoms with Crippen molar-refractivity contribution in [1.82, 2.24) is 5.32 Å². The van der Waals surface area contributed by atoms with E-state index in [4.69, 9.17) is 0 Å². The summed E-state index contributed by atoms with van der Waals surface area (Å²) in [6.45, 7) is 7.24. The van der Waals surface area contributed by atoms with Crippen LogP contribution in [0, 0.1) is 0 Å². The van der Waals surface area contributed by atoms with Crippen molar-refractivity contribution in [2.45, 2.75) is 43.9 Å². The summed E-state index contributed by atoms with van der Waals surface area (Å²) < 4.78 is 0. The van der Waals surface area contributed by atoms with Gasteiger partial charge in [-0.25, -0.2) is 0 Å². The van der Waals surface area contributed by atoms with E-state index in [0.29, 0.717) is 0 Å². The first kappa shape index (κ1) is 15.6. The normalized spacial score (nSPS) is 12.1. The maximum absolute atomic E-state index is 11.8. The molecule has 1 atom stereocenters. The second kappa shape index (κ2) is 7.19. The molecule has 104 valence electrons. The molecule has 0 aliphatic heterocycles. The maximum Gasteiger partial charge on any atom is 0.233 e. The Morgan fingerprint density at radius 2 is 1.68 bits per heavy atom. The Kier molecular flexibility index (Phi) is 5.89. The zero-order valence-corrected chi connectivity index (χ0v) is 12.5. The number of amides is 2. The summed E-state index contributed by atoms with van der Waals surface area (Å²) in [5, 5.41) is 5.45. The van der Waals surface area contributed by atoms with Gasteiger partial charge in [-0.2, -0.15) is 0 Å². The van der Waals surface area contributed by atoms with Crippen LogP contribution in [-0.4, -0.2) is 23.1 Å². The average molecular weight is 280 g/mol. The number of thioether (sulfide) groups is 1. The lowest BCUT2D eigenvalue weighted by Crippen LogP contribution is -2.35. The van der Waals surface area contributed by atoms with E-state index in [1.807, 2.05) is 45.0 Å². The van der Waals surface area contributed by atoms with Crippen LogP contribution in [0.5, 0.6) is 0 Å². The van der Waals surface area contributed by atoms with Crippen LogP contribution >= 0.6 is 11.8 Å². The lowest BCUT2D eigenvalue weighted by molar-refractivity contribution is -0.120. The predicted octanol–water partition coefficient (Wildman–Crippen LogP) is 2.65. The molecular weight excluding hydrogens is 260 g/mol. The molecule has 0 saturated heterocycles. The number of anilines is 1. The Balaban J connectivity index is 2.57. The van der Waals surface area contributed by atoms with E-state index in [1.54, 1.807) is 0 Å². The molecule has 0 bridgehead atoms. The van der Waals surface area contributed by atoms with Crippen molar-refractivity contribution in [2.24, 2.45) is 0 Å². The minimum atomic E-state index is -0.144. The highest BCUT2D eigenvalue weighted by Crippen LogP contribution is 2.24. The predicted molar refractivity (Wildman–Crippen MR) is 79.3 cm³/mol. The quantitative estimate of drug-likeness (QED) is 0.815. The van der Waals surface area contributed by atoms with Gasteiger partial charge in [0.1, 0.15) is 0 Å². The fourth-order valence-electron chi connectivity index (χ4n) is 1.48. The summed E-state index contributed by atoms with van der Waals surface area (Å²) in [7, 11) is 0. The van der Waals surface area contributed by atoms with E-state index in [2.05, 4.69) is 10.6 Å². The molecule has 0 aliphatic carbocycles. The second-order valence-corrected chi connectivity index (χ2v) is 6.04. The van der Waals surface area contributed by atoms with Crippen molar-refractivity contribution < 1.29 is 9.59 Å². The fraction of sp³-hybridized carbons (Fsp3) is 0.429. The molecule has 0 aromatic heterocycles.